The Balaban J connectivity index is 2.10. The summed E-state index contributed by atoms with van der Waals surface area (Å²) < 4.78 is 0.525. The van der Waals surface area contributed by atoms with Gasteiger partial charge in [-0.1, -0.05) is 0 Å². The molecule has 2 N–H and O–H groups in total. The topological polar surface area (TPSA) is 89.2 Å². The molecule has 2 aromatic rings. The number of carbonyl (C=O) groups excluding carboxylic acids is 2. The molecule has 2 heterocycles. The zero-order chi connectivity index (χ0) is 13.6. The Labute approximate surface area is 116 Å². The van der Waals surface area contributed by atoms with Gasteiger partial charge >= 0.3 is 0 Å². The average Bonchev–Trinajstić information content (AvgIpc) is 2.63. The maximum absolute atomic E-state index is 12.2. The highest BCUT2D eigenvalue weighted by Gasteiger charge is 2.37. The smallest absolute Gasteiger partial charge is 0.267 e. The van der Waals surface area contributed by atoms with Crippen LogP contribution in [0.5, 0.6) is 0 Å². The lowest BCUT2D eigenvalue weighted by Crippen LogP contribution is -2.30. The third-order valence-electron chi connectivity index (χ3n) is 2.75. The first-order valence-corrected chi connectivity index (χ1v) is 6.13. The standard InChI is InChI=1S/C12H7BrN4O2/c13-9-4-16-10(5-15-9)17-11(18)7-2-1-6(14)3-8(7)12(17)19/h1-5H,14H2. The predicted octanol–water partition coefficient (Wildman–Crippen LogP) is 1.62. The van der Waals surface area contributed by atoms with Crippen LogP contribution in [0.15, 0.2) is 35.2 Å². The first-order chi connectivity index (χ1) is 9.08. The second kappa shape index (κ2) is 4.13. The number of fused-ring (bicyclic) bond motifs is 1. The number of halogens is 1. The molecule has 7 heteroatoms. The van der Waals surface area contributed by atoms with E-state index in [1.54, 1.807) is 6.07 Å². The highest BCUT2D eigenvalue weighted by molar-refractivity contribution is 9.10. The normalized spacial score (nSPS) is 13.8. The molecule has 94 valence electrons. The number of carbonyl (C=O) groups is 2. The van der Waals surface area contributed by atoms with Crippen LogP contribution in [0.1, 0.15) is 20.7 Å². The molecule has 19 heavy (non-hydrogen) atoms. The molecular weight excluding hydrogens is 312 g/mol. The van der Waals surface area contributed by atoms with Crippen molar-refractivity contribution in [2.24, 2.45) is 0 Å². The Hall–Kier alpha value is -2.28. The molecule has 0 unspecified atom stereocenters. The minimum atomic E-state index is -0.441. The van der Waals surface area contributed by atoms with E-state index in [1.165, 1.54) is 24.5 Å². The molecule has 1 aliphatic rings. The molecule has 3 rings (SSSR count). The zero-order valence-electron chi connectivity index (χ0n) is 9.50. The second-order valence-electron chi connectivity index (χ2n) is 3.95. The third kappa shape index (κ3) is 1.78. The van der Waals surface area contributed by atoms with Crippen LogP contribution in [0.2, 0.25) is 0 Å². The van der Waals surface area contributed by atoms with Gasteiger partial charge in [-0.3, -0.25) is 9.59 Å². The van der Waals surface area contributed by atoms with E-state index in [2.05, 4.69) is 25.9 Å². The summed E-state index contributed by atoms with van der Waals surface area (Å²) in [5, 5.41) is 0. The van der Waals surface area contributed by atoms with Gasteiger partial charge in [-0.2, -0.15) is 0 Å². The van der Waals surface area contributed by atoms with Gasteiger partial charge in [0.15, 0.2) is 5.82 Å². The van der Waals surface area contributed by atoms with Gasteiger partial charge < -0.3 is 5.73 Å². The van der Waals surface area contributed by atoms with E-state index in [1.807, 2.05) is 0 Å². The zero-order valence-corrected chi connectivity index (χ0v) is 11.1. The van der Waals surface area contributed by atoms with Crippen LogP contribution in [0.4, 0.5) is 11.5 Å². The second-order valence-corrected chi connectivity index (χ2v) is 4.76. The Morgan fingerprint density at radius 3 is 2.47 bits per heavy atom. The van der Waals surface area contributed by atoms with Crippen LogP contribution in [-0.2, 0) is 0 Å². The lowest BCUT2D eigenvalue weighted by atomic mass is 10.1. The van der Waals surface area contributed by atoms with Crippen molar-refractivity contribution < 1.29 is 9.59 Å². The number of anilines is 2. The third-order valence-corrected chi connectivity index (χ3v) is 3.16. The lowest BCUT2D eigenvalue weighted by molar-refractivity contribution is 0.0925. The van der Waals surface area contributed by atoms with Crippen molar-refractivity contribution in [2.45, 2.75) is 0 Å². The van der Waals surface area contributed by atoms with Gasteiger partial charge in [-0.05, 0) is 34.1 Å². The molecule has 0 saturated heterocycles. The maximum Gasteiger partial charge on any atom is 0.267 e. The van der Waals surface area contributed by atoms with Crippen molar-refractivity contribution in [1.29, 1.82) is 0 Å². The van der Waals surface area contributed by atoms with Crippen LogP contribution in [0.3, 0.4) is 0 Å². The van der Waals surface area contributed by atoms with Crippen LogP contribution >= 0.6 is 15.9 Å². The van der Waals surface area contributed by atoms with Crippen LogP contribution < -0.4 is 10.6 Å². The molecule has 0 fully saturated rings. The van der Waals surface area contributed by atoms with E-state index in [0.29, 0.717) is 15.9 Å². The van der Waals surface area contributed by atoms with E-state index in [9.17, 15) is 9.59 Å². The van der Waals surface area contributed by atoms with Gasteiger partial charge in [0.05, 0.1) is 23.5 Å². The number of amides is 2. The number of nitrogen functional groups attached to an aromatic ring is 1. The van der Waals surface area contributed by atoms with Crippen molar-refractivity contribution >= 4 is 39.2 Å². The van der Waals surface area contributed by atoms with E-state index in [0.717, 1.165) is 4.90 Å². The van der Waals surface area contributed by atoms with Crippen molar-refractivity contribution in [2.75, 3.05) is 10.6 Å². The molecule has 1 aromatic heterocycles. The molecular formula is C12H7BrN4O2. The van der Waals surface area contributed by atoms with Crippen LogP contribution in [0, 0.1) is 0 Å². The summed E-state index contributed by atoms with van der Waals surface area (Å²) in [6.45, 7) is 0. The molecule has 2 amide bonds. The van der Waals surface area contributed by atoms with E-state index >= 15 is 0 Å². The lowest BCUT2D eigenvalue weighted by Gasteiger charge is -2.11. The summed E-state index contributed by atoms with van der Waals surface area (Å²) in [5.74, 6) is -0.673. The first-order valence-electron chi connectivity index (χ1n) is 5.34. The molecule has 0 atom stereocenters. The minimum absolute atomic E-state index is 0.188. The number of aromatic nitrogens is 2. The number of nitrogens with two attached hydrogens (primary N) is 1. The highest BCUT2D eigenvalue weighted by Crippen LogP contribution is 2.28. The Kier molecular flexibility index (Phi) is 2.56. The highest BCUT2D eigenvalue weighted by atomic mass is 79.9. The van der Waals surface area contributed by atoms with Crippen LogP contribution in [-0.4, -0.2) is 21.8 Å². The predicted molar refractivity (Wildman–Crippen MR) is 71.7 cm³/mol. The maximum atomic E-state index is 12.2. The Morgan fingerprint density at radius 1 is 1.05 bits per heavy atom. The van der Waals surface area contributed by atoms with E-state index in [-0.39, 0.29) is 11.4 Å². The fourth-order valence-corrected chi connectivity index (χ4v) is 2.09. The Bertz CT molecular complexity index is 699. The van der Waals surface area contributed by atoms with Gasteiger partial charge in [0.2, 0.25) is 0 Å². The number of benzene rings is 1. The number of rotatable bonds is 1. The fraction of sp³-hybridized carbons (Fsp3) is 0. The molecule has 0 radical (unpaired) electrons. The summed E-state index contributed by atoms with van der Waals surface area (Å²) in [6, 6.07) is 4.61. The summed E-state index contributed by atoms with van der Waals surface area (Å²) in [4.78, 5) is 33.4. The minimum Gasteiger partial charge on any atom is -0.399 e. The van der Waals surface area contributed by atoms with Gasteiger partial charge in [-0.25, -0.2) is 14.9 Å². The summed E-state index contributed by atoms with van der Waals surface area (Å²) in [6.07, 6.45) is 2.78. The molecule has 0 bridgehead atoms. The summed E-state index contributed by atoms with van der Waals surface area (Å²) in [5.41, 5.74) is 6.67. The average molecular weight is 319 g/mol. The summed E-state index contributed by atoms with van der Waals surface area (Å²) >= 11 is 3.14. The van der Waals surface area contributed by atoms with Gasteiger partial charge in [0.1, 0.15) is 4.60 Å². The molecule has 0 spiro atoms. The van der Waals surface area contributed by atoms with E-state index in [4.69, 9.17) is 5.73 Å². The van der Waals surface area contributed by atoms with Crippen molar-refractivity contribution in [3.63, 3.8) is 0 Å². The summed E-state index contributed by atoms with van der Waals surface area (Å²) in [7, 11) is 0. The Morgan fingerprint density at radius 2 is 1.79 bits per heavy atom. The van der Waals surface area contributed by atoms with E-state index < -0.39 is 11.8 Å². The van der Waals surface area contributed by atoms with Crippen molar-refractivity contribution in [3.8, 4) is 0 Å². The molecule has 6 nitrogen and oxygen atoms in total. The number of nitrogens with zero attached hydrogens (tertiary/aromatic N) is 3. The van der Waals surface area contributed by atoms with Crippen molar-refractivity contribution in [3.05, 3.63) is 46.3 Å². The first kappa shape index (κ1) is 11.8. The molecule has 1 aromatic carbocycles. The molecule has 1 aliphatic heterocycles. The molecule has 0 aliphatic carbocycles. The number of hydrogen-bond donors (Lipinski definition) is 1. The van der Waals surface area contributed by atoms with Crippen molar-refractivity contribution in [1.82, 2.24) is 9.97 Å². The van der Waals surface area contributed by atoms with Gasteiger partial charge in [0.25, 0.3) is 11.8 Å². The number of hydrogen-bond acceptors (Lipinski definition) is 5. The van der Waals surface area contributed by atoms with Gasteiger partial charge in [0, 0.05) is 5.69 Å². The SMILES string of the molecule is Nc1ccc2c(c1)C(=O)N(c1cnc(Br)cn1)C2=O. The quantitative estimate of drug-likeness (QED) is 0.637. The fourth-order valence-electron chi connectivity index (χ4n) is 1.89. The van der Waals surface area contributed by atoms with Crippen LogP contribution in [0.25, 0.3) is 0 Å². The number of imide groups is 1. The largest absolute Gasteiger partial charge is 0.399 e. The monoisotopic (exact) mass is 318 g/mol. The molecule has 0 saturated carbocycles. The van der Waals surface area contributed by atoms with Gasteiger partial charge in [-0.15, -0.1) is 0 Å².